The maximum absolute atomic E-state index is 6.11. The number of para-hydroxylation sites is 1. The molecular weight excluding hydrogens is 258 g/mol. The highest BCUT2D eigenvalue weighted by molar-refractivity contribution is 5.98. The van der Waals surface area contributed by atoms with Gasteiger partial charge in [-0.15, -0.1) is 0 Å². The van der Waals surface area contributed by atoms with Crippen LogP contribution < -0.4 is 11.1 Å². The highest BCUT2D eigenvalue weighted by atomic mass is 14.9. The van der Waals surface area contributed by atoms with Crippen LogP contribution in [0.3, 0.4) is 0 Å². The molecule has 1 heterocycles. The first-order valence-corrected chi connectivity index (χ1v) is 7.15. The van der Waals surface area contributed by atoms with Gasteiger partial charge in [0.15, 0.2) is 0 Å². The van der Waals surface area contributed by atoms with Gasteiger partial charge in [-0.2, -0.15) is 0 Å². The summed E-state index contributed by atoms with van der Waals surface area (Å²) in [4.78, 5) is 4.36. The zero-order valence-corrected chi connectivity index (χ0v) is 12.3. The van der Waals surface area contributed by atoms with E-state index in [9.17, 15) is 0 Å². The Kier molecular flexibility index (Phi) is 3.48. The predicted molar refractivity (Wildman–Crippen MR) is 90.0 cm³/mol. The van der Waals surface area contributed by atoms with Crippen molar-refractivity contribution in [3.05, 3.63) is 60.3 Å². The molecule has 0 bridgehead atoms. The molecule has 0 aliphatic rings. The van der Waals surface area contributed by atoms with Crippen molar-refractivity contribution in [3.8, 4) is 0 Å². The summed E-state index contributed by atoms with van der Waals surface area (Å²) in [6.07, 6.45) is 1.71. The summed E-state index contributed by atoms with van der Waals surface area (Å²) in [5, 5.41) is 4.48. The number of benzene rings is 2. The lowest BCUT2D eigenvalue weighted by Gasteiger charge is -2.14. The Balaban J connectivity index is 2.05. The van der Waals surface area contributed by atoms with E-state index in [1.54, 1.807) is 6.20 Å². The van der Waals surface area contributed by atoms with Crippen LogP contribution in [0.2, 0.25) is 0 Å². The van der Waals surface area contributed by atoms with E-state index >= 15 is 0 Å². The smallest absolute Gasteiger partial charge is 0.0746 e. The molecule has 3 N–H and O–H groups in total. The van der Waals surface area contributed by atoms with E-state index in [1.165, 1.54) is 5.56 Å². The fraction of sp³-hybridized carbons (Fsp3) is 0.167. The molecule has 0 spiro atoms. The van der Waals surface area contributed by atoms with Crippen LogP contribution in [-0.2, 0) is 0 Å². The number of hydrogen-bond acceptors (Lipinski definition) is 3. The monoisotopic (exact) mass is 277 g/mol. The van der Waals surface area contributed by atoms with Crippen molar-refractivity contribution in [2.24, 2.45) is 0 Å². The Morgan fingerprint density at radius 2 is 1.86 bits per heavy atom. The average Bonchev–Trinajstić information content (AvgIpc) is 2.50. The van der Waals surface area contributed by atoms with Crippen LogP contribution in [0.15, 0.2) is 54.7 Å². The SMILES string of the molecule is CC(C)c1cccc(Nc2c(N)cnc3ccccc23)c1. The number of pyridine rings is 1. The lowest BCUT2D eigenvalue weighted by Crippen LogP contribution is -1.99. The van der Waals surface area contributed by atoms with Gasteiger partial charge in [0.05, 0.1) is 23.1 Å². The summed E-state index contributed by atoms with van der Waals surface area (Å²) in [6, 6.07) is 16.4. The van der Waals surface area contributed by atoms with Gasteiger partial charge in [0.1, 0.15) is 0 Å². The zero-order valence-electron chi connectivity index (χ0n) is 12.3. The van der Waals surface area contributed by atoms with Crippen molar-refractivity contribution in [2.75, 3.05) is 11.1 Å². The van der Waals surface area contributed by atoms with Gasteiger partial charge in [-0.1, -0.05) is 44.2 Å². The van der Waals surface area contributed by atoms with Crippen LogP contribution >= 0.6 is 0 Å². The fourth-order valence-electron chi connectivity index (χ4n) is 2.42. The maximum atomic E-state index is 6.11. The summed E-state index contributed by atoms with van der Waals surface area (Å²) in [6.45, 7) is 4.38. The second-order valence-corrected chi connectivity index (χ2v) is 5.51. The lowest BCUT2D eigenvalue weighted by atomic mass is 10.0. The standard InChI is InChI=1S/C18H19N3/c1-12(2)13-6-5-7-14(10-13)21-18-15-8-3-4-9-17(15)20-11-16(18)19/h3-12H,19H2,1-2H3,(H,20,21). The van der Waals surface area contributed by atoms with Gasteiger partial charge >= 0.3 is 0 Å². The first kappa shape index (κ1) is 13.4. The molecule has 0 unspecified atom stereocenters. The first-order valence-electron chi connectivity index (χ1n) is 7.15. The van der Waals surface area contributed by atoms with E-state index in [0.717, 1.165) is 22.3 Å². The number of fused-ring (bicyclic) bond motifs is 1. The molecule has 0 saturated carbocycles. The van der Waals surface area contributed by atoms with Crippen molar-refractivity contribution in [3.63, 3.8) is 0 Å². The van der Waals surface area contributed by atoms with Gasteiger partial charge in [-0.05, 0) is 29.7 Å². The Hall–Kier alpha value is -2.55. The van der Waals surface area contributed by atoms with Crippen LogP contribution in [0, 0.1) is 0 Å². The third kappa shape index (κ3) is 2.68. The highest BCUT2D eigenvalue weighted by Crippen LogP contribution is 2.31. The third-order valence-electron chi connectivity index (χ3n) is 3.63. The summed E-state index contributed by atoms with van der Waals surface area (Å²) in [5.41, 5.74) is 11.0. The summed E-state index contributed by atoms with van der Waals surface area (Å²) >= 11 is 0. The summed E-state index contributed by atoms with van der Waals surface area (Å²) in [7, 11) is 0. The minimum Gasteiger partial charge on any atom is -0.396 e. The third-order valence-corrected chi connectivity index (χ3v) is 3.63. The van der Waals surface area contributed by atoms with Crippen LogP contribution in [-0.4, -0.2) is 4.98 Å². The predicted octanol–water partition coefficient (Wildman–Crippen LogP) is 4.68. The van der Waals surface area contributed by atoms with Gasteiger partial charge < -0.3 is 11.1 Å². The molecule has 21 heavy (non-hydrogen) atoms. The van der Waals surface area contributed by atoms with E-state index in [2.05, 4.69) is 48.4 Å². The quantitative estimate of drug-likeness (QED) is 0.730. The second kappa shape index (κ2) is 5.44. The number of hydrogen-bond donors (Lipinski definition) is 2. The van der Waals surface area contributed by atoms with Crippen molar-refractivity contribution in [1.82, 2.24) is 4.98 Å². The Bertz CT molecular complexity index is 778. The molecule has 3 heteroatoms. The zero-order chi connectivity index (χ0) is 14.8. The van der Waals surface area contributed by atoms with Crippen LogP contribution in [0.1, 0.15) is 25.3 Å². The Morgan fingerprint density at radius 3 is 2.67 bits per heavy atom. The van der Waals surface area contributed by atoms with Gasteiger partial charge in [0, 0.05) is 11.1 Å². The number of anilines is 3. The molecule has 3 nitrogen and oxygen atoms in total. The van der Waals surface area contributed by atoms with E-state index < -0.39 is 0 Å². The van der Waals surface area contributed by atoms with Crippen molar-refractivity contribution in [2.45, 2.75) is 19.8 Å². The van der Waals surface area contributed by atoms with E-state index in [1.807, 2.05) is 24.3 Å². The Morgan fingerprint density at radius 1 is 1.05 bits per heavy atom. The van der Waals surface area contributed by atoms with Crippen LogP contribution in [0.25, 0.3) is 10.9 Å². The van der Waals surface area contributed by atoms with Gasteiger partial charge in [-0.3, -0.25) is 4.98 Å². The number of nitrogens with zero attached hydrogens (tertiary/aromatic N) is 1. The largest absolute Gasteiger partial charge is 0.396 e. The number of nitrogens with one attached hydrogen (secondary N) is 1. The van der Waals surface area contributed by atoms with Crippen molar-refractivity contribution in [1.29, 1.82) is 0 Å². The van der Waals surface area contributed by atoms with E-state index in [-0.39, 0.29) is 0 Å². The molecule has 0 aliphatic carbocycles. The first-order chi connectivity index (χ1) is 10.1. The molecule has 106 valence electrons. The molecule has 3 rings (SSSR count). The second-order valence-electron chi connectivity index (χ2n) is 5.51. The molecule has 1 aromatic heterocycles. The van der Waals surface area contributed by atoms with Gasteiger partial charge in [-0.25, -0.2) is 0 Å². The van der Waals surface area contributed by atoms with Crippen LogP contribution in [0.5, 0.6) is 0 Å². The minimum absolute atomic E-state index is 0.498. The number of nitrogens with two attached hydrogens (primary N) is 1. The van der Waals surface area contributed by atoms with Gasteiger partial charge in [0.2, 0.25) is 0 Å². The average molecular weight is 277 g/mol. The normalized spacial score (nSPS) is 11.0. The molecular formula is C18H19N3. The molecule has 0 saturated heterocycles. The summed E-state index contributed by atoms with van der Waals surface area (Å²) < 4.78 is 0. The fourth-order valence-corrected chi connectivity index (χ4v) is 2.42. The lowest BCUT2D eigenvalue weighted by molar-refractivity contribution is 0.867. The number of rotatable bonds is 3. The molecule has 2 aromatic carbocycles. The molecule has 0 fully saturated rings. The van der Waals surface area contributed by atoms with Crippen molar-refractivity contribution < 1.29 is 0 Å². The van der Waals surface area contributed by atoms with Crippen LogP contribution in [0.4, 0.5) is 17.1 Å². The molecule has 0 atom stereocenters. The summed E-state index contributed by atoms with van der Waals surface area (Å²) in [5.74, 6) is 0.498. The molecule has 0 aliphatic heterocycles. The van der Waals surface area contributed by atoms with E-state index in [4.69, 9.17) is 5.73 Å². The number of nitrogen functional groups attached to an aromatic ring is 1. The highest BCUT2D eigenvalue weighted by Gasteiger charge is 2.07. The van der Waals surface area contributed by atoms with Crippen molar-refractivity contribution >= 4 is 28.0 Å². The van der Waals surface area contributed by atoms with Gasteiger partial charge in [0.25, 0.3) is 0 Å². The molecule has 3 aromatic rings. The topological polar surface area (TPSA) is 50.9 Å². The molecule has 0 amide bonds. The Labute approximate surface area is 124 Å². The molecule has 0 radical (unpaired) electrons. The van der Waals surface area contributed by atoms with E-state index in [0.29, 0.717) is 11.6 Å². The minimum atomic E-state index is 0.498. The number of aromatic nitrogens is 1. The maximum Gasteiger partial charge on any atom is 0.0746 e.